The summed E-state index contributed by atoms with van der Waals surface area (Å²) in [5, 5.41) is 7.39. The van der Waals surface area contributed by atoms with E-state index in [9.17, 15) is 4.79 Å². The van der Waals surface area contributed by atoms with Crippen molar-refractivity contribution in [2.24, 2.45) is 4.99 Å². The van der Waals surface area contributed by atoms with E-state index in [1.165, 1.54) is 0 Å². The van der Waals surface area contributed by atoms with E-state index in [-0.39, 0.29) is 11.4 Å². The number of nitrogens with one attached hydrogen (secondary N) is 2. The number of rotatable bonds is 5. The van der Waals surface area contributed by atoms with Crippen molar-refractivity contribution in [1.29, 1.82) is 0 Å². The molecule has 96 valence electrons. The molecule has 2 aliphatic rings. The number of aliphatic imine (C=N–C) groups is 1. The van der Waals surface area contributed by atoms with E-state index < -0.39 is 0 Å². The van der Waals surface area contributed by atoms with Crippen LogP contribution >= 0.6 is 11.8 Å². The highest BCUT2D eigenvalue weighted by atomic mass is 32.2. The summed E-state index contributed by atoms with van der Waals surface area (Å²) in [6.45, 7) is 5.08. The Labute approximate surface area is 107 Å². The highest BCUT2D eigenvalue weighted by Gasteiger charge is 2.27. The number of amidine groups is 1. The van der Waals surface area contributed by atoms with Gasteiger partial charge >= 0.3 is 0 Å². The molecule has 4 nitrogen and oxygen atoms in total. The minimum Gasteiger partial charge on any atom is -0.359 e. The number of nitrogens with zero attached hydrogens (tertiary/aromatic N) is 1. The molecule has 0 aromatic rings. The van der Waals surface area contributed by atoms with E-state index in [0.717, 1.165) is 36.7 Å². The van der Waals surface area contributed by atoms with Crippen LogP contribution in [0.5, 0.6) is 0 Å². The molecule has 0 atom stereocenters. The molecular weight excluding hydrogens is 234 g/mol. The highest BCUT2D eigenvalue weighted by Crippen LogP contribution is 2.22. The van der Waals surface area contributed by atoms with Crippen LogP contribution in [-0.2, 0) is 4.79 Å². The zero-order valence-corrected chi connectivity index (χ0v) is 11.4. The van der Waals surface area contributed by atoms with Gasteiger partial charge in [-0.2, -0.15) is 0 Å². The van der Waals surface area contributed by atoms with E-state index >= 15 is 0 Å². The minimum absolute atomic E-state index is 0.160. The molecule has 2 rings (SSSR count). The van der Waals surface area contributed by atoms with Crippen LogP contribution in [0.25, 0.3) is 0 Å². The molecule has 1 saturated heterocycles. The summed E-state index contributed by atoms with van der Waals surface area (Å²) in [5.41, 5.74) is 0.160. The largest absolute Gasteiger partial charge is 0.359 e. The van der Waals surface area contributed by atoms with Gasteiger partial charge in [-0.15, -0.1) is 0 Å². The van der Waals surface area contributed by atoms with Crippen LogP contribution in [0.3, 0.4) is 0 Å². The molecule has 1 aliphatic carbocycles. The average Bonchev–Trinajstić information content (AvgIpc) is 2.98. The number of carbonyl (C=O) groups is 1. The Morgan fingerprint density at radius 3 is 2.94 bits per heavy atom. The summed E-state index contributed by atoms with van der Waals surface area (Å²) in [5.74, 6) is 1.24. The van der Waals surface area contributed by atoms with Gasteiger partial charge in [0.25, 0.3) is 0 Å². The van der Waals surface area contributed by atoms with E-state index in [1.807, 2.05) is 0 Å². The summed E-state index contributed by atoms with van der Waals surface area (Å²) in [6, 6.07) is 0.474. The molecule has 0 aromatic heterocycles. The maximum atomic E-state index is 11.4. The zero-order valence-electron chi connectivity index (χ0n) is 10.6. The van der Waals surface area contributed by atoms with Gasteiger partial charge in [-0.1, -0.05) is 11.8 Å². The fourth-order valence-corrected chi connectivity index (χ4v) is 2.74. The smallest absolute Gasteiger partial charge is 0.220 e. The third kappa shape index (κ3) is 4.58. The van der Waals surface area contributed by atoms with Crippen molar-refractivity contribution in [3.8, 4) is 0 Å². The lowest BCUT2D eigenvalue weighted by Gasteiger charge is -2.15. The van der Waals surface area contributed by atoms with Gasteiger partial charge in [0, 0.05) is 30.3 Å². The summed E-state index contributed by atoms with van der Waals surface area (Å²) in [4.78, 5) is 15.9. The monoisotopic (exact) mass is 255 g/mol. The molecule has 5 heteroatoms. The highest BCUT2D eigenvalue weighted by molar-refractivity contribution is 8.14. The number of amides is 1. The van der Waals surface area contributed by atoms with Crippen molar-refractivity contribution in [2.45, 2.75) is 51.1 Å². The molecule has 1 aliphatic heterocycles. The van der Waals surface area contributed by atoms with E-state index in [1.54, 1.807) is 11.8 Å². The first-order valence-corrected chi connectivity index (χ1v) is 7.28. The van der Waals surface area contributed by atoms with Crippen LogP contribution in [0.15, 0.2) is 4.99 Å². The molecule has 0 radical (unpaired) electrons. The van der Waals surface area contributed by atoms with Gasteiger partial charge < -0.3 is 10.6 Å². The molecule has 1 amide bonds. The molecule has 0 unspecified atom stereocenters. The second kappa shape index (κ2) is 5.29. The van der Waals surface area contributed by atoms with Crippen molar-refractivity contribution in [1.82, 2.24) is 10.6 Å². The fourth-order valence-electron chi connectivity index (χ4n) is 1.64. The quantitative estimate of drug-likeness (QED) is 0.732. The number of carbonyl (C=O) groups excluding carboxylic acids is 1. The molecule has 1 heterocycles. The molecule has 0 aromatic carbocycles. The summed E-state index contributed by atoms with van der Waals surface area (Å²) in [6.07, 6.45) is 3.75. The van der Waals surface area contributed by atoms with Crippen LogP contribution in [-0.4, -0.2) is 35.0 Å². The Bertz CT molecular complexity index is 324. The number of thioether (sulfide) groups is 1. The first-order valence-electron chi connectivity index (χ1n) is 6.30. The Hall–Kier alpha value is -0.710. The van der Waals surface area contributed by atoms with E-state index in [4.69, 9.17) is 0 Å². The van der Waals surface area contributed by atoms with Crippen LogP contribution < -0.4 is 10.6 Å². The molecular formula is C12H21N3OS. The Morgan fingerprint density at radius 2 is 2.35 bits per heavy atom. The topological polar surface area (TPSA) is 53.5 Å². The maximum absolute atomic E-state index is 11.4. The Kier molecular flexibility index (Phi) is 3.97. The van der Waals surface area contributed by atoms with Crippen molar-refractivity contribution < 1.29 is 4.79 Å². The summed E-state index contributed by atoms with van der Waals surface area (Å²) >= 11 is 1.77. The zero-order chi connectivity index (χ0) is 12.3. The standard InChI is InChI=1S/C12H21N3OS/c1-12(2)8-17-11(15-12)13-7-3-4-10(16)14-9-5-6-9/h9H,3-8H2,1-2H3,(H,13,15)(H,14,16). The lowest BCUT2D eigenvalue weighted by Crippen LogP contribution is -2.36. The van der Waals surface area contributed by atoms with Gasteiger partial charge in [-0.3, -0.25) is 9.79 Å². The van der Waals surface area contributed by atoms with Crippen LogP contribution in [0.2, 0.25) is 0 Å². The molecule has 1 saturated carbocycles. The fraction of sp³-hybridized carbons (Fsp3) is 0.833. The van der Waals surface area contributed by atoms with Crippen molar-refractivity contribution in [3.05, 3.63) is 0 Å². The van der Waals surface area contributed by atoms with Crippen LogP contribution in [0, 0.1) is 0 Å². The molecule has 2 N–H and O–H groups in total. The average molecular weight is 255 g/mol. The van der Waals surface area contributed by atoms with Gasteiger partial charge in [-0.05, 0) is 33.1 Å². The first-order chi connectivity index (χ1) is 8.05. The van der Waals surface area contributed by atoms with E-state index in [0.29, 0.717) is 12.5 Å². The minimum atomic E-state index is 0.160. The van der Waals surface area contributed by atoms with Gasteiger partial charge in [-0.25, -0.2) is 0 Å². The molecule has 0 spiro atoms. The lowest BCUT2D eigenvalue weighted by atomic mass is 10.1. The van der Waals surface area contributed by atoms with Gasteiger partial charge in [0.1, 0.15) is 0 Å². The number of hydrogen-bond acceptors (Lipinski definition) is 3. The predicted molar refractivity (Wildman–Crippen MR) is 72.4 cm³/mol. The van der Waals surface area contributed by atoms with Crippen LogP contribution in [0.1, 0.15) is 39.5 Å². The normalized spacial score (nSPS) is 24.7. The molecule has 17 heavy (non-hydrogen) atoms. The second-order valence-corrected chi connectivity index (χ2v) is 6.39. The summed E-state index contributed by atoms with van der Waals surface area (Å²) in [7, 11) is 0. The van der Waals surface area contributed by atoms with Gasteiger partial charge in [0.05, 0.1) is 0 Å². The predicted octanol–water partition coefficient (Wildman–Crippen LogP) is 1.52. The van der Waals surface area contributed by atoms with Crippen molar-refractivity contribution in [3.63, 3.8) is 0 Å². The van der Waals surface area contributed by atoms with Gasteiger partial charge in [0.15, 0.2) is 5.17 Å². The van der Waals surface area contributed by atoms with Gasteiger partial charge in [0.2, 0.25) is 5.91 Å². The third-order valence-electron chi connectivity index (χ3n) is 2.77. The molecule has 0 bridgehead atoms. The van der Waals surface area contributed by atoms with Crippen molar-refractivity contribution in [2.75, 3.05) is 12.3 Å². The van der Waals surface area contributed by atoms with Crippen molar-refractivity contribution >= 4 is 22.8 Å². The van der Waals surface area contributed by atoms with E-state index in [2.05, 4.69) is 29.5 Å². The van der Waals surface area contributed by atoms with Crippen LogP contribution in [0.4, 0.5) is 0 Å². The third-order valence-corrected chi connectivity index (χ3v) is 4.15. The summed E-state index contributed by atoms with van der Waals surface area (Å²) < 4.78 is 0. The molecule has 2 fully saturated rings. The maximum Gasteiger partial charge on any atom is 0.220 e. The lowest BCUT2D eigenvalue weighted by molar-refractivity contribution is -0.121. The SMILES string of the molecule is CC1(C)CSC(=NCCCC(=O)NC2CC2)N1. The second-order valence-electron chi connectivity index (χ2n) is 5.43. The Morgan fingerprint density at radius 1 is 1.59 bits per heavy atom. The Balaban J connectivity index is 1.59. The number of hydrogen-bond donors (Lipinski definition) is 2. The first kappa shape index (κ1) is 12.7.